The van der Waals surface area contributed by atoms with E-state index in [1.54, 1.807) is 0 Å². The molecule has 0 atom stereocenters. The summed E-state index contributed by atoms with van der Waals surface area (Å²) in [7, 11) is 0. The van der Waals surface area contributed by atoms with E-state index in [0.717, 1.165) is 17.9 Å². The molecule has 1 heterocycles. The monoisotopic (exact) mass is 342 g/mol. The lowest BCUT2D eigenvalue weighted by molar-refractivity contribution is -0.571. The van der Waals surface area contributed by atoms with Crippen LogP contribution in [0.2, 0.25) is 0 Å². The first-order valence-electron chi connectivity index (χ1n) is 9.09. The summed E-state index contributed by atoms with van der Waals surface area (Å²) in [4.78, 5) is 0. The van der Waals surface area contributed by atoms with Crippen LogP contribution in [0.1, 0.15) is 36.1 Å². The zero-order chi connectivity index (χ0) is 18.0. The van der Waals surface area contributed by atoms with Gasteiger partial charge in [-0.2, -0.15) is 4.58 Å². The minimum Gasteiger partial charge on any atom is -0.435 e. The summed E-state index contributed by atoms with van der Waals surface area (Å²) in [5.41, 5.74) is 4.85. The summed E-state index contributed by atoms with van der Waals surface area (Å²) in [6, 6.07) is 27.6. The van der Waals surface area contributed by atoms with Crippen LogP contribution in [-0.4, -0.2) is 17.5 Å². The second kappa shape index (κ2) is 6.80. The molecule has 1 aliphatic rings. The van der Waals surface area contributed by atoms with Crippen molar-refractivity contribution in [1.29, 1.82) is 0 Å². The van der Waals surface area contributed by atoms with E-state index in [4.69, 9.17) is 4.74 Å². The molecule has 0 saturated heterocycles. The van der Waals surface area contributed by atoms with Crippen molar-refractivity contribution >= 4 is 6.21 Å². The molecule has 0 radical (unpaired) electrons. The SMILES string of the molecule is CC(C)(c1ccccc1)c1cccc2c1OC[N+](Cc1ccccc1)=C2. The van der Waals surface area contributed by atoms with E-state index in [9.17, 15) is 0 Å². The first-order valence-corrected chi connectivity index (χ1v) is 9.09. The largest absolute Gasteiger partial charge is 0.435 e. The van der Waals surface area contributed by atoms with E-state index in [-0.39, 0.29) is 5.41 Å². The van der Waals surface area contributed by atoms with Gasteiger partial charge in [0.25, 0.3) is 6.73 Å². The Kier molecular flexibility index (Phi) is 4.34. The smallest absolute Gasteiger partial charge is 0.287 e. The summed E-state index contributed by atoms with van der Waals surface area (Å²) < 4.78 is 8.46. The Labute approximate surface area is 155 Å². The van der Waals surface area contributed by atoms with E-state index in [1.165, 1.54) is 16.7 Å². The molecule has 1 aliphatic heterocycles. The average Bonchev–Trinajstić information content (AvgIpc) is 2.69. The maximum absolute atomic E-state index is 6.24. The summed E-state index contributed by atoms with van der Waals surface area (Å²) in [5, 5.41) is 0. The minimum absolute atomic E-state index is 0.109. The first kappa shape index (κ1) is 16.6. The number of hydrogen-bond acceptors (Lipinski definition) is 1. The van der Waals surface area contributed by atoms with Gasteiger partial charge in [-0.15, -0.1) is 0 Å². The molecule has 3 aromatic rings. The fourth-order valence-corrected chi connectivity index (χ4v) is 3.61. The van der Waals surface area contributed by atoms with Gasteiger partial charge in [-0.1, -0.05) is 86.6 Å². The van der Waals surface area contributed by atoms with Crippen molar-refractivity contribution in [3.05, 3.63) is 101 Å². The highest BCUT2D eigenvalue weighted by atomic mass is 16.5. The molecule has 0 saturated carbocycles. The zero-order valence-electron chi connectivity index (χ0n) is 15.4. The molecule has 0 unspecified atom stereocenters. The van der Waals surface area contributed by atoms with Crippen molar-refractivity contribution in [1.82, 2.24) is 0 Å². The number of para-hydroxylation sites is 1. The van der Waals surface area contributed by atoms with Gasteiger partial charge >= 0.3 is 0 Å². The van der Waals surface area contributed by atoms with Gasteiger partial charge in [0, 0.05) is 16.5 Å². The van der Waals surface area contributed by atoms with Gasteiger partial charge in [-0.25, -0.2) is 0 Å². The van der Waals surface area contributed by atoms with Crippen molar-refractivity contribution in [2.24, 2.45) is 0 Å². The Balaban J connectivity index is 1.69. The average molecular weight is 342 g/mol. The van der Waals surface area contributed by atoms with Crippen LogP contribution in [0.4, 0.5) is 0 Å². The van der Waals surface area contributed by atoms with Crippen LogP contribution in [-0.2, 0) is 12.0 Å². The molecule has 0 aromatic heterocycles. The topological polar surface area (TPSA) is 12.2 Å². The third-order valence-electron chi connectivity index (χ3n) is 5.14. The molecule has 0 bridgehead atoms. The summed E-state index contributed by atoms with van der Waals surface area (Å²) >= 11 is 0. The van der Waals surface area contributed by atoms with E-state index >= 15 is 0 Å². The molecule has 2 heteroatoms. The highest BCUT2D eigenvalue weighted by Crippen LogP contribution is 2.39. The summed E-state index contributed by atoms with van der Waals surface area (Å²) in [6.45, 7) is 5.95. The van der Waals surface area contributed by atoms with Crippen LogP contribution in [0.5, 0.6) is 5.75 Å². The predicted molar refractivity (Wildman–Crippen MR) is 106 cm³/mol. The van der Waals surface area contributed by atoms with Crippen molar-refractivity contribution in [3.63, 3.8) is 0 Å². The van der Waals surface area contributed by atoms with Gasteiger partial charge in [0.2, 0.25) is 0 Å². The van der Waals surface area contributed by atoms with Gasteiger partial charge in [0.15, 0.2) is 12.8 Å². The molecule has 2 nitrogen and oxygen atoms in total. The highest BCUT2D eigenvalue weighted by molar-refractivity contribution is 5.82. The van der Waals surface area contributed by atoms with Crippen LogP contribution < -0.4 is 4.74 Å². The second-order valence-electron chi connectivity index (χ2n) is 7.35. The Hall–Kier alpha value is -2.87. The first-order chi connectivity index (χ1) is 12.6. The predicted octanol–water partition coefficient (Wildman–Crippen LogP) is 4.99. The molecular formula is C24H24NO+. The van der Waals surface area contributed by atoms with E-state index in [2.05, 4.69) is 97.4 Å². The maximum atomic E-state index is 6.24. The second-order valence-corrected chi connectivity index (χ2v) is 7.35. The standard InChI is InChI=1S/C24H24NO/c1-24(2,21-13-7-4-8-14-21)22-15-9-12-20-17-25(18-26-23(20)22)16-19-10-5-3-6-11-19/h3-15,17H,16,18H2,1-2H3/q+1. The number of hydrogen-bond donors (Lipinski definition) is 0. The molecule has 26 heavy (non-hydrogen) atoms. The molecule has 3 aromatic carbocycles. The van der Waals surface area contributed by atoms with Gasteiger partial charge < -0.3 is 4.74 Å². The normalized spacial score (nSPS) is 13.5. The quantitative estimate of drug-likeness (QED) is 0.608. The Morgan fingerprint density at radius 2 is 1.54 bits per heavy atom. The van der Waals surface area contributed by atoms with Crippen molar-refractivity contribution in [2.75, 3.05) is 6.73 Å². The van der Waals surface area contributed by atoms with Crippen LogP contribution in [0.3, 0.4) is 0 Å². The van der Waals surface area contributed by atoms with E-state index in [1.807, 2.05) is 6.07 Å². The molecule has 4 rings (SSSR count). The Bertz CT molecular complexity index is 927. The lowest BCUT2D eigenvalue weighted by atomic mass is 9.77. The Morgan fingerprint density at radius 3 is 2.27 bits per heavy atom. The third kappa shape index (κ3) is 3.15. The molecule has 0 spiro atoms. The van der Waals surface area contributed by atoms with Crippen molar-refractivity contribution in [3.8, 4) is 5.75 Å². The molecule has 0 amide bonds. The van der Waals surface area contributed by atoms with Crippen LogP contribution in [0.15, 0.2) is 78.9 Å². The zero-order valence-corrected chi connectivity index (χ0v) is 15.4. The number of nitrogens with zero attached hydrogens (tertiary/aromatic N) is 1. The number of benzene rings is 3. The summed E-state index contributed by atoms with van der Waals surface area (Å²) in [5.74, 6) is 1.01. The number of rotatable bonds is 4. The number of fused-ring (bicyclic) bond motifs is 1. The Morgan fingerprint density at radius 1 is 0.846 bits per heavy atom. The van der Waals surface area contributed by atoms with Crippen molar-refractivity contribution in [2.45, 2.75) is 25.8 Å². The van der Waals surface area contributed by atoms with E-state index < -0.39 is 0 Å². The van der Waals surface area contributed by atoms with Gasteiger partial charge in [0.05, 0.1) is 5.56 Å². The molecule has 0 N–H and O–H groups in total. The van der Waals surface area contributed by atoms with Crippen LogP contribution >= 0.6 is 0 Å². The van der Waals surface area contributed by atoms with Crippen LogP contribution in [0, 0.1) is 0 Å². The molecule has 0 fully saturated rings. The lowest BCUT2D eigenvalue weighted by Crippen LogP contribution is -2.27. The molecule has 0 aliphatic carbocycles. The van der Waals surface area contributed by atoms with Gasteiger partial charge in [-0.3, -0.25) is 0 Å². The number of ether oxygens (including phenoxy) is 1. The lowest BCUT2D eigenvalue weighted by Gasteiger charge is -2.29. The van der Waals surface area contributed by atoms with Crippen LogP contribution in [0.25, 0.3) is 0 Å². The van der Waals surface area contributed by atoms with Gasteiger partial charge in [0.1, 0.15) is 5.75 Å². The highest BCUT2D eigenvalue weighted by Gasteiger charge is 2.30. The van der Waals surface area contributed by atoms with E-state index in [0.29, 0.717) is 6.73 Å². The maximum Gasteiger partial charge on any atom is 0.287 e. The third-order valence-corrected chi connectivity index (χ3v) is 5.14. The fourth-order valence-electron chi connectivity index (χ4n) is 3.61. The summed E-state index contributed by atoms with van der Waals surface area (Å²) in [6.07, 6.45) is 2.22. The van der Waals surface area contributed by atoms with Gasteiger partial charge in [-0.05, 0) is 11.6 Å². The van der Waals surface area contributed by atoms with Crippen molar-refractivity contribution < 1.29 is 9.31 Å². The molecular weight excluding hydrogens is 318 g/mol. The molecule has 130 valence electrons. The minimum atomic E-state index is -0.109. The fraction of sp³-hybridized carbons (Fsp3) is 0.208.